The van der Waals surface area contributed by atoms with Crippen molar-refractivity contribution in [2.75, 3.05) is 0 Å². The maximum atomic E-state index is 12.0. The number of rotatable bonds is 6. The second-order valence-electron chi connectivity index (χ2n) is 20.6. The van der Waals surface area contributed by atoms with Gasteiger partial charge in [-0.25, -0.2) is 4.98 Å². The highest BCUT2D eigenvalue weighted by Crippen LogP contribution is 2.44. The fourth-order valence-electron chi connectivity index (χ4n) is 9.04. The minimum Gasteiger partial charge on any atom is -0.507 e. The van der Waals surface area contributed by atoms with E-state index in [9.17, 15) is 5.11 Å². The van der Waals surface area contributed by atoms with Gasteiger partial charge in [0.25, 0.3) is 0 Å². The third-order valence-electron chi connectivity index (χ3n) is 12.9. The van der Waals surface area contributed by atoms with Gasteiger partial charge in [-0.2, -0.15) is 0 Å². The number of para-hydroxylation sites is 2. The van der Waals surface area contributed by atoms with E-state index in [1.807, 2.05) is 30.5 Å². The largest absolute Gasteiger partial charge is 0.507 e. The second-order valence-corrected chi connectivity index (χ2v) is 20.6. The van der Waals surface area contributed by atoms with Crippen LogP contribution >= 0.6 is 0 Å². The van der Waals surface area contributed by atoms with Crippen molar-refractivity contribution in [3.63, 3.8) is 0 Å². The minimum atomic E-state index is -0.155. The first kappa shape index (κ1) is 41.8. The molecule has 0 spiro atoms. The third kappa shape index (κ3) is 7.69. The summed E-state index contributed by atoms with van der Waals surface area (Å²) in [6.45, 7) is 20.3. The highest BCUT2D eigenvalue weighted by Gasteiger charge is 2.26. The molecule has 0 atom stereocenters. The smallest absolute Gasteiger partial charge is 0.149 e. The van der Waals surface area contributed by atoms with Gasteiger partial charge in [0.05, 0.1) is 28.0 Å². The third-order valence-corrected chi connectivity index (χ3v) is 12.9. The normalized spacial score (nSPS) is 12.4. The molecule has 0 radical (unpaired) electrons. The molecule has 0 unspecified atom stereocenters. The van der Waals surface area contributed by atoms with Gasteiger partial charge in [0.1, 0.15) is 22.7 Å². The molecule has 3 aromatic heterocycles. The molecule has 10 rings (SSSR count). The Morgan fingerprint density at radius 1 is 0.462 bits per heavy atom. The van der Waals surface area contributed by atoms with E-state index in [1.165, 1.54) is 16.7 Å². The summed E-state index contributed by atoms with van der Waals surface area (Å²) in [7, 11) is 0. The van der Waals surface area contributed by atoms with Crippen LogP contribution in [0.5, 0.6) is 5.75 Å². The maximum Gasteiger partial charge on any atom is 0.149 e. The molecule has 3 heterocycles. The minimum absolute atomic E-state index is 0.0783. The molecule has 5 heteroatoms. The van der Waals surface area contributed by atoms with Crippen molar-refractivity contribution >= 4 is 33.0 Å². The molecule has 5 nitrogen and oxygen atoms in total. The SMILES string of the molecule is CC(C)(C)c1ccc(-c2ccnc(-c3cc(-c4cccc5c4nc(-c4cc6c(cc4O)oc4ccccc46)n5-c4ccc(C(C)(C)C)cc4-c4ccccc4)cc(C(C)(C)C)c3)c2)cc1. The van der Waals surface area contributed by atoms with Crippen molar-refractivity contribution in [1.29, 1.82) is 0 Å². The molecule has 0 saturated carbocycles. The number of aromatic nitrogens is 3. The Kier molecular flexibility index (Phi) is 9.95. The summed E-state index contributed by atoms with van der Waals surface area (Å²) < 4.78 is 8.48. The van der Waals surface area contributed by atoms with Gasteiger partial charge in [0.15, 0.2) is 0 Å². The summed E-state index contributed by atoms with van der Waals surface area (Å²) >= 11 is 0. The molecule has 65 heavy (non-hydrogen) atoms. The van der Waals surface area contributed by atoms with Crippen molar-refractivity contribution in [2.24, 2.45) is 0 Å². The molecule has 322 valence electrons. The van der Waals surface area contributed by atoms with Gasteiger partial charge in [0.2, 0.25) is 0 Å². The van der Waals surface area contributed by atoms with Crippen LogP contribution in [0, 0.1) is 0 Å². The Bertz CT molecular complexity index is 3420. The highest BCUT2D eigenvalue weighted by atomic mass is 16.3. The maximum absolute atomic E-state index is 12.0. The first-order chi connectivity index (χ1) is 31.0. The van der Waals surface area contributed by atoms with E-state index in [0.717, 1.165) is 77.7 Å². The topological polar surface area (TPSA) is 64.1 Å². The van der Waals surface area contributed by atoms with E-state index in [-0.39, 0.29) is 22.0 Å². The van der Waals surface area contributed by atoms with E-state index in [4.69, 9.17) is 14.4 Å². The van der Waals surface area contributed by atoms with Gasteiger partial charge in [0, 0.05) is 39.7 Å². The first-order valence-electron chi connectivity index (χ1n) is 22.6. The number of pyridine rings is 1. The number of benzene rings is 7. The standard InChI is InChI=1S/C60H55N3O2/c1-58(2,3)42-24-22-37(23-25-42)39-28-29-61-50(33-39)41-30-40(31-44(32-41)60(7,8)9)45-19-15-20-52-56(45)62-57(49-35-48-46-18-13-14-21-54(46)65-55(48)36-53(49)64)63(52)51-27-26-43(59(4,5)6)34-47(51)38-16-11-10-12-17-38/h10-36,64H,1-9H3. The van der Waals surface area contributed by atoms with Crippen LogP contribution in [0.2, 0.25) is 0 Å². The van der Waals surface area contributed by atoms with Crippen LogP contribution < -0.4 is 0 Å². The molecule has 0 saturated heterocycles. The summed E-state index contributed by atoms with van der Waals surface area (Å²) in [5.41, 5.74) is 16.8. The van der Waals surface area contributed by atoms with Crippen LogP contribution in [0.3, 0.4) is 0 Å². The monoisotopic (exact) mass is 849 g/mol. The zero-order chi connectivity index (χ0) is 45.4. The number of hydrogen-bond acceptors (Lipinski definition) is 4. The average Bonchev–Trinajstić information content (AvgIpc) is 3.86. The van der Waals surface area contributed by atoms with Gasteiger partial charge in [-0.15, -0.1) is 0 Å². The van der Waals surface area contributed by atoms with Crippen molar-refractivity contribution in [2.45, 2.75) is 78.6 Å². The number of phenolic OH excluding ortho intramolecular Hbond substituents is 1. The Hall–Kier alpha value is -7.24. The number of nitrogens with zero attached hydrogens (tertiary/aromatic N) is 3. The Morgan fingerprint density at radius 3 is 1.89 bits per heavy atom. The van der Waals surface area contributed by atoms with Crippen LogP contribution in [0.15, 0.2) is 168 Å². The molecule has 1 N–H and O–H groups in total. The van der Waals surface area contributed by atoms with Crippen LogP contribution in [0.4, 0.5) is 0 Å². The molecule has 0 amide bonds. The van der Waals surface area contributed by atoms with Crippen molar-refractivity contribution in [3.8, 4) is 67.5 Å². The van der Waals surface area contributed by atoms with Crippen LogP contribution in [0.25, 0.3) is 94.7 Å². The number of imidazole rings is 1. The molecule has 0 fully saturated rings. The fraction of sp³-hybridized carbons (Fsp3) is 0.200. The van der Waals surface area contributed by atoms with Crippen molar-refractivity contribution in [1.82, 2.24) is 14.5 Å². The molecule has 0 aliphatic carbocycles. The van der Waals surface area contributed by atoms with Crippen molar-refractivity contribution < 1.29 is 9.52 Å². The Morgan fingerprint density at radius 2 is 1.15 bits per heavy atom. The number of fused-ring (bicyclic) bond motifs is 4. The molecule has 0 bridgehead atoms. The zero-order valence-corrected chi connectivity index (χ0v) is 38.8. The summed E-state index contributed by atoms with van der Waals surface area (Å²) in [6.07, 6.45) is 1.92. The second kappa shape index (κ2) is 15.5. The lowest BCUT2D eigenvalue weighted by Crippen LogP contribution is -2.12. The first-order valence-corrected chi connectivity index (χ1v) is 22.6. The average molecular weight is 850 g/mol. The van der Waals surface area contributed by atoms with Crippen LogP contribution in [-0.4, -0.2) is 19.6 Å². The predicted molar refractivity (Wildman–Crippen MR) is 271 cm³/mol. The van der Waals surface area contributed by atoms with E-state index < -0.39 is 0 Å². The summed E-state index contributed by atoms with van der Waals surface area (Å²) in [4.78, 5) is 10.6. The van der Waals surface area contributed by atoms with Gasteiger partial charge < -0.3 is 9.52 Å². The van der Waals surface area contributed by atoms with Gasteiger partial charge in [-0.3, -0.25) is 9.55 Å². The lowest BCUT2D eigenvalue weighted by Gasteiger charge is -2.23. The molecule has 10 aromatic rings. The molecular formula is C60H55N3O2. The van der Waals surface area contributed by atoms with E-state index in [2.05, 4.69) is 194 Å². The number of hydrogen-bond donors (Lipinski definition) is 1. The zero-order valence-electron chi connectivity index (χ0n) is 38.8. The molecule has 0 aliphatic heterocycles. The van der Waals surface area contributed by atoms with E-state index in [0.29, 0.717) is 17.0 Å². The lowest BCUT2D eigenvalue weighted by atomic mass is 9.83. The van der Waals surface area contributed by atoms with Crippen LogP contribution in [0.1, 0.15) is 79.0 Å². The Labute approximate surface area is 382 Å². The molecule has 7 aromatic carbocycles. The summed E-state index contributed by atoms with van der Waals surface area (Å²) in [5.74, 6) is 0.732. The number of phenols is 1. The quantitative estimate of drug-likeness (QED) is 0.181. The molecule has 0 aliphatic rings. The number of aromatic hydroxyl groups is 1. The molecular weight excluding hydrogens is 795 g/mol. The highest BCUT2D eigenvalue weighted by molar-refractivity contribution is 6.07. The van der Waals surface area contributed by atoms with Gasteiger partial charge in [-0.1, -0.05) is 159 Å². The number of furan rings is 1. The van der Waals surface area contributed by atoms with Gasteiger partial charge in [-0.05, 0) is 110 Å². The predicted octanol–water partition coefficient (Wildman–Crippen LogP) is 16.3. The fourth-order valence-corrected chi connectivity index (χ4v) is 9.04. The van der Waals surface area contributed by atoms with E-state index in [1.54, 1.807) is 6.07 Å². The lowest BCUT2D eigenvalue weighted by molar-refractivity contribution is 0.476. The van der Waals surface area contributed by atoms with Crippen LogP contribution in [-0.2, 0) is 16.2 Å². The summed E-state index contributed by atoms with van der Waals surface area (Å²) in [6, 6.07) is 55.6. The van der Waals surface area contributed by atoms with E-state index >= 15 is 0 Å². The summed E-state index contributed by atoms with van der Waals surface area (Å²) in [5, 5.41) is 13.9. The Balaban J connectivity index is 1.22. The van der Waals surface area contributed by atoms with Gasteiger partial charge >= 0.3 is 0 Å². The van der Waals surface area contributed by atoms with Crippen molar-refractivity contribution in [3.05, 3.63) is 181 Å².